The van der Waals surface area contributed by atoms with E-state index in [1.165, 1.54) is 18.3 Å². The maximum absolute atomic E-state index is 13.9. The fraction of sp³-hybridized carbons (Fsp3) is 0.231. The molecule has 0 bridgehead atoms. The van der Waals surface area contributed by atoms with Crippen LogP contribution < -0.4 is 15.5 Å². The van der Waals surface area contributed by atoms with Crippen LogP contribution in [0.4, 0.5) is 21.6 Å². The average Bonchev–Trinajstić information content (AvgIpc) is 3.37. The van der Waals surface area contributed by atoms with Crippen molar-refractivity contribution in [3.63, 3.8) is 0 Å². The van der Waals surface area contributed by atoms with Gasteiger partial charge in [-0.25, -0.2) is 9.37 Å². The molecule has 1 aromatic heterocycles. The van der Waals surface area contributed by atoms with Crippen LogP contribution in [-0.4, -0.2) is 54.3 Å². The van der Waals surface area contributed by atoms with Gasteiger partial charge in [0.05, 0.1) is 17.8 Å². The highest BCUT2D eigenvalue weighted by atomic mass is 35.5. The van der Waals surface area contributed by atoms with Gasteiger partial charge in [0.2, 0.25) is 5.91 Å². The third kappa shape index (κ3) is 6.24. The number of anilines is 3. The number of nitrogens with one attached hydrogen (secondary N) is 2. The molecule has 186 valence electrons. The van der Waals surface area contributed by atoms with Crippen molar-refractivity contribution in [3.8, 4) is 0 Å². The first-order chi connectivity index (χ1) is 17.3. The Kier molecular flexibility index (Phi) is 7.92. The molecule has 0 atom stereocenters. The van der Waals surface area contributed by atoms with E-state index in [0.717, 1.165) is 38.1 Å². The predicted molar refractivity (Wildman–Crippen MR) is 137 cm³/mol. The van der Waals surface area contributed by atoms with E-state index in [2.05, 4.69) is 20.5 Å². The molecule has 3 aromatic rings. The topological polar surface area (TPSA) is 94.6 Å². The summed E-state index contributed by atoms with van der Waals surface area (Å²) in [6.45, 7) is 2.22. The molecule has 4 rings (SSSR count). The van der Waals surface area contributed by atoms with E-state index < -0.39 is 17.6 Å². The summed E-state index contributed by atoms with van der Waals surface area (Å²) in [7, 11) is 1.70. The second kappa shape index (κ2) is 11.3. The highest BCUT2D eigenvalue weighted by Crippen LogP contribution is 2.22. The molecule has 1 saturated heterocycles. The largest absolute Gasteiger partial charge is 0.321 e. The molecule has 0 radical (unpaired) electrons. The lowest BCUT2D eigenvalue weighted by Crippen LogP contribution is -2.37. The van der Waals surface area contributed by atoms with Crippen LogP contribution in [0.3, 0.4) is 0 Å². The number of likely N-dealkylation sites (N-methyl/N-ethyl adjacent to an activating group) is 1. The van der Waals surface area contributed by atoms with Gasteiger partial charge >= 0.3 is 0 Å². The average molecular weight is 510 g/mol. The number of aromatic nitrogens is 1. The minimum atomic E-state index is -0.659. The van der Waals surface area contributed by atoms with Crippen molar-refractivity contribution in [3.05, 3.63) is 82.8 Å². The van der Waals surface area contributed by atoms with Gasteiger partial charge in [-0.15, -0.1) is 0 Å². The van der Waals surface area contributed by atoms with Crippen LogP contribution in [-0.2, 0) is 4.79 Å². The van der Waals surface area contributed by atoms with E-state index >= 15 is 0 Å². The zero-order chi connectivity index (χ0) is 25.7. The van der Waals surface area contributed by atoms with E-state index in [0.29, 0.717) is 22.8 Å². The quantitative estimate of drug-likeness (QED) is 0.491. The van der Waals surface area contributed by atoms with Crippen LogP contribution >= 0.6 is 11.6 Å². The summed E-state index contributed by atoms with van der Waals surface area (Å²) in [6, 6.07) is 13.0. The van der Waals surface area contributed by atoms with Gasteiger partial charge in [0, 0.05) is 29.5 Å². The lowest BCUT2D eigenvalue weighted by molar-refractivity contribution is -0.119. The maximum atomic E-state index is 13.9. The smallest absolute Gasteiger partial charge is 0.259 e. The SMILES string of the molecule is CN(C(=O)CN1CCCC1)c1ccc(C(=O)Nc2ccc(F)cc2C(=O)Nc2cc(Cl)ccn2)cc1. The highest BCUT2D eigenvalue weighted by molar-refractivity contribution is 6.30. The summed E-state index contributed by atoms with van der Waals surface area (Å²) in [6.07, 6.45) is 3.64. The van der Waals surface area contributed by atoms with Crippen LogP contribution in [0.1, 0.15) is 33.6 Å². The van der Waals surface area contributed by atoms with E-state index in [1.807, 2.05) is 0 Å². The van der Waals surface area contributed by atoms with Crippen molar-refractivity contribution in [2.45, 2.75) is 12.8 Å². The molecule has 10 heteroatoms. The van der Waals surface area contributed by atoms with Crippen LogP contribution in [0, 0.1) is 5.82 Å². The van der Waals surface area contributed by atoms with E-state index in [9.17, 15) is 18.8 Å². The molecule has 8 nitrogen and oxygen atoms in total. The summed E-state index contributed by atoms with van der Waals surface area (Å²) in [5.74, 6) is -1.62. The second-order valence-corrected chi connectivity index (χ2v) is 8.88. The summed E-state index contributed by atoms with van der Waals surface area (Å²) < 4.78 is 13.9. The Morgan fingerprint density at radius 3 is 2.42 bits per heavy atom. The number of likely N-dealkylation sites (tertiary alicyclic amines) is 1. The van der Waals surface area contributed by atoms with Crippen molar-refractivity contribution in [2.24, 2.45) is 0 Å². The van der Waals surface area contributed by atoms with Gasteiger partial charge in [-0.3, -0.25) is 19.3 Å². The summed E-state index contributed by atoms with van der Waals surface area (Å²) in [5, 5.41) is 5.57. The monoisotopic (exact) mass is 509 g/mol. The van der Waals surface area contributed by atoms with E-state index in [4.69, 9.17) is 11.6 Å². The number of pyridine rings is 1. The van der Waals surface area contributed by atoms with E-state index in [-0.39, 0.29) is 23.0 Å². The standard InChI is InChI=1S/C26H25ClFN5O3/c1-32(24(34)16-33-12-2-3-13-33)20-7-4-17(5-8-20)25(35)30-22-9-6-19(28)15-21(22)26(36)31-23-14-18(27)10-11-29-23/h4-11,14-15H,2-3,12-13,16H2,1H3,(H,30,35)(H,29,31,36). The van der Waals surface area contributed by atoms with Crippen LogP contribution in [0.5, 0.6) is 0 Å². The van der Waals surface area contributed by atoms with Gasteiger partial charge in [-0.2, -0.15) is 0 Å². The molecule has 2 heterocycles. The van der Waals surface area contributed by atoms with Gasteiger partial charge in [-0.05, 0) is 80.5 Å². The molecule has 1 aliphatic heterocycles. The molecule has 3 amide bonds. The first-order valence-corrected chi connectivity index (χ1v) is 11.8. The van der Waals surface area contributed by atoms with Crippen molar-refractivity contribution in [1.82, 2.24) is 9.88 Å². The third-order valence-corrected chi connectivity index (χ3v) is 6.12. The normalized spacial score (nSPS) is 13.3. The summed E-state index contributed by atoms with van der Waals surface area (Å²) >= 11 is 5.92. The Labute approximate surface area is 213 Å². The molecule has 0 unspecified atom stereocenters. The number of halogens is 2. The second-order valence-electron chi connectivity index (χ2n) is 8.44. The number of carbonyl (C=O) groups excluding carboxylic acids is 3. The van der Waals surface area contributed by atoms with Crippen molar-refractivity contribution in [2.75, 3.05) is 42.2 Å². The van der Waals surface area contributed by atoms with Gasteiger partial charge in [0.1, 0.15) is 11.6 Å². The van der Waals surface area contributed by atoms with Gasteiger partial charge in [-0.1, -0.05) is 11.6 Å². The van der Waals surface area contributed by atoms with Crippen LogP contribution in [0.25, 0.3) is 0 Å². The molecule has 2 aromatic carbocycles. The first-order valence-electron chi connectivity index (χ1n) is 11.4. The third-order valence-electron chi connectivity index (χ3n) is 5.89. The van der Waals surface area contributed by atoms with E-state index in [1.54, 1.807) is 42.3 Å². The van der Waals surface area contributed by atoms with Crippen molar-refractivity contribution >= 4 is 46.5 Å². The molecule has 0 saturated carbocycles. The molecule has 36 heavy (non-hydrogen) atoms. The number of nitrogens with zero attached hydrogens (tertiary/aromatic N) is 3. The van der Waals surface area contributed by atoms with Crippen molar-refractivity contribution in [1.29, 1.82) is 0 Å². The Morgan fingerprint density at radius 1 is 1.00 bits per heavy atom. The molecule has 1 fully saturated rings. The fourth-order valence-corrected chi connectivity index (χ4v) is 4.04. The van der Waals surface area contributed by atoms with Crippen LogP contribution in [0.2, 0.25) is 5.02 Å². The summed E-state index contributed by atoms with van der Waals surface area (Å²) in [4.78, 5) is 45.9. The Hall–Kier alpha value is -3.82. The molecular weight excluding hydrogens is 485 g/mol. The molecule has 0 spiro atoms. The zero-order valence-electron chi connectivity index (χ0n) is 19.6. The minimum Gasteiger partial charge on any atom is -0.321 e. The molecule has 0 aliphatic carbocycles. The predicted octanol–water partition coefficient (Wildman–Crippen LogP) is 4.44. The number of carbonyl (C=O) groups is 3. The van der Waals surface area contributed by atoms with Crippen LogP contribution in [0.15, 0.2) is 60.8 Å². The van der Waals surface area contributed by atoms with Gasteiger partial charge in [0.15, 0.2) is 0 Å². The number of hydrogen-bond acceptors (Lipinski definition) is 5. The fourth-order valence-electron chi connectivity index (χ4n) is 3.88. The zero-order valence-corrected chi connectivity index (χ0v) is 20.4. The number of hydrogen-bond donors (Lipinski definition) is 2. The first kappa shape index (κ1) is 25.3. The highest BCUT2D eigenvalue weighted by Gasteiger charge is 2.20. The minimum absolute atomic E-state index is 0.0229. The number of amides is 3. The lowest BCUT2D eigenvalue weighted by Gasteiger charge is -2.21. The van der Waals surface area contributed by atoms with Crippen molar-refractivity contribution < 1.29 is 18.8 Å². The lowest BCUT2D eigenvalue weighted by atomic mass is 10.1. The maximum Gasteiger partial charge on any atom is 0.259 e. The Morgan fingerprint density at radius 2 is 1.72 bits per heavy atom. The van der Waals surface area contributed by atoms with Gasteiger partial charge < -0.3 is 15.5 Å². The number of rotatable bonds is 7. The molecule has 2 N–H and O–H groups in total. The Bertz CT molecular complexity index is 1280. The number of benzene rings is 2. The Balaban J connectivity index is 1.44. The van der Waals surface area contributed by atoms with Gasteiger partial charge in [0.25, 0.3) is 11.8 Å². The summed E-state index contributed by atoms with van der Waals surface area (Å²) in [5.41, 5.74) is 1.02. The molecular formula is C26H25ClFN5O3. The molecule has 1 aliphatic rings.